The first kappa shape index (κ1) is 14.0. The van der Waals surface area contributed by atoms with E-state index in [1.54, 1.807) is 19.1 Å². The maximum Gasteiger partial charge on any atom is 0.387 e. The molecular weight excluding hydrogens is 268 g/mol. The standard InChI is InChI=1S/C14H13F2NO3/c1-9(12-6-3-7-19-12)17-13(18)10-4-2-5-11(8-10)20-14(15)16/h2-9,14H,1H3,(H,17,18)/t9-/m1/s1. The van der Waals surface area contributed by atoms with Crippen LogP contribution in [0.4, 0.5) is 8.78 Å². The highest BCUT2D eigenvalue weighted by atomic mass is 19.3. The highest BCUT2D eigenvalue weighted by molar-refractivity contribution is 5.94. The first-order valence-corrected chi connectivity index (χ1v) is 5.95. The van der Waals surface area contributed by atoms with Gasteiger partial charge >= 0.3 is 6.61 Å². The molecule has 1 aromatic carbocycles. The zero-order valence-corrected chi connectivity index (χ0v) is 10.7. The topological polar surface area (TPSA) is 51.5 Å². The minimum absolute atomic E-state index is 0.0571. The fraction of sp³-hybridized carbons (Fsp3) is 0.214. The third kappa shape index (κ3) is 3.57. The van der Waals surface area contributed by atoms with E-state index in [-0.39, 0.29) is 17.4 Å². The molecule has 20 heavy (non-hydrogen) atoms. The number of hydrogen-bond acceptors (Lipinski definition) is 3. The quantitative estimate of drug-likeness (QED) is 0.914. The number of ether oxygens (including phenoxy) is 1. The highest BCUT2D eigenvalue weighted by Gasteiger charge is 2.14. The Morgan fingerprint density at radius 1 is 1.30 bits per heavy atom. The summed E-state index contributed by atoms with van der Waals surface area (Å²) >= 11 is 0. The van der Waals surface area contributed by atoms with Crippen LogP contribution in [-0.2, 0) is 0 Å². The van der Waals surface area contributed by atoms with Crippen molar-refractivity contribution in [2.75, 3.05) is 0 Å². The van der Waals surface area contributed by atoms with Gasteiger partial charge in [-0.15, -0.1) is 0 Å². The summed E-state index contributed by atoms with van der Waals surface area (Å²) in [7, 11) is 0. The van der Waals surface area contributed by atoms with Gasteiger partial charge in [0.05, 0.1) is 12.3 Å². The summed E-state index contributed by atoms with van der Waals surface area (Å²) in [5, 5.41) is 2.70. The molecule has 0 unspecified atom stereocenters. The number of carbonyl (C=O) groups excluding carboxylic acids is 1. The number of benzene rings is 1. The summed E-state index contributed by atoms with van der Waals surface area (Å²) in [6, 6.07) is 8.75. The number of rotatable bonds is 5. The molecule has 6 heteroatoms. The Bertz CT molecular complexity index is 570. The molecule has 0 saturated heterocycles. The molecule has 2 aromatic rings. The lowest BCUT2D eigenvalue weighted by Crippen LogP contribution is -2.26. The second-order valence-electron chi connectivity index (χ2n) is 4.12. The van der Waals surface area contributed by atoms with Gasteiger partial charge in [-0.2, -0.15) is 8.78 Å². The Kier molecular flexibility index (Phi) is 4.34. The third-order valence-corrected chi connectivity index (χ3v) is 2.64. The van der Waals surface area contributed by atoms with Crippen molar-refractivity contribution < 1.29 is 22.7 Å². The van der Waals surface area contributed by atoms with E-state index in [4.69, 9.17) is 4.42 Å². The van der Waals surface area contributed by atoms with Crippen molar-refractivity contribution in [3.05, 3.63) is 54.0 Å². The van der Waals surface area contributed by atoms with Crippen molar-refractivity contribution in [3.8, 4) is 5.75 Å². The summed E-state index contributed by atoms with van der Waals surface area (Å²) in [6.07, 6.45) is 1.51. The van der Waals surface area contributed by atoms with Crippen molar-refractivity contribution in [2.24, 2.45) is 0 Å². The predicted molar refractivity (Wildman–Crippen MR) is 67.7 cm³/mol. The molecule has 0 aliphatic carbocycles. The average molecular weight is 281 g/mol. The van der Waals surface area contributed by atoms with E-state index < -0.39 is 12.5 Å². The van der Waals surface area contributed by atoms with Crippen LogP contribution in [0.5, 0.6) is 5.75 Å². The SMILES string of the molecule is C[C@@H](NC(=O)c1cccc(OC(F)F)c1)c1ccco1. The van der Waals surface area contributed by atoms with E-state index in [0.717, 1.165) is 0 Å². The zero-order chi connectivity index (χ0) is 14.5. The molecule has 0 saturated carbocycles. The lowest BCUT2D eigenvalue weighted by molar-refractivity contribution is -0.0498. The lowest BCUT2D eigenvalue weighted by atomic mass is 10.1. The van der Waals surface area contributed by atoms with Crippen LogP contribution in [0.25, 0.3) is 0 Å². The van der Waals surface area contributed by atoms with E-state index in [1.807, 2.05) is 0 Å². The van der Waals surface area contributed by atoms with E-state index in [2.05, 4.69) is 10.1 Å². The van der Waals surface area contributed by atoms with Gasteiger partial charge in [-0.05, 0) is 37.3 Å². The normalized spacial score (nSPS) is 12.2. The second-order valence-corrected chi connectivity index (χ2v) is 4.12. The summed E-state index contributed by atoms with van der Waals surface area (Å²) in [4.78, 5) is 12.0. The van der Waals surface area contributed by atoms with Crippen LogP contribution in [0.3, 0.4) is 0 Å². The Morgan fingerprint density at radius 3 is 2.75 bits per heavy atom. The molecule has 1 atom stereocenters. The number of halogens is 2. The minimum atomic E-state index is -2.92. The van der Waals surface area contributed by atoms with Crippen LogP contribution < -0.4 is 10.1 Å². The number of amides is 1. The van der Waals surface area contributed by atoms with Crippen LogP contribution in [0.1, 0.15) is 29.1 Å². The van der Waals surface area contributed by atoms with Crippen LogP contribution in [0.15, 0.2) is 47.1 Å². The molecular formula is C14H13F2NO3. The van der Waals surface area contributed by atoms with E-state index in [0.29, 0.717) is 5.76 Å². The zero-order valence-electron chi connectivity index (χ0n) is 10.7. The van der Waals surface area contributed by atoms with Gasteiger partial charge in [0.2, 0.25) is 0 Å². The van der Waals surface area contributed by atoms with Crippen LogP contribution >= 0.6 is 0 Å². The summed E-state index contributed by atoms with van der Waals surface area (Å²) < 4.78 is 33.6. The van der Waals surface area contributed by atoms with E-state index in [9.17, 15) is 13.6 Å². The molecule has 1 amide bonds. The molecule has 106 valence electrons. The van der Waals surface area contributed by atoms with Crippen LogP contribution in [0, 0.1) is 0 Å². The molecule has 0 aliphatic rings. The first-order chi connectivity index (χ1) is 9.56. The second kappa shape index (κ2) is 6.18. The predicted octanol–water partition coefficient (Wildman–Crippen LogP) is 3.37. The highest BCUT2D eigenvalue weighted by Crippen LogP contribution is 2.17. The van der Waals surface area contributed by atoms with Crippen molar-refractivity contribution in [1.29, 1.82) is 0 Å². The van der Waals surface area contributed by atoms with Gasteiger partial charge in [-0.1, -0.05) is 6.07 Å². The third-order valence-electron chi connectivity index (χ3n) is 2.64. The monoisotopic (exact) mass is 281 g/mol. The Labute approximate surface area is 114 Å². The van der Waals surface area contributed by atoms with Gasteiger partial charge in [0.15, 0.2) is 0 Å². The van der Waals surface area contributed by atoms with Gasteiger partial charge in [-0.25, -0.2) is 0 Å². The molecule has 1 N–H and O–H groups in total. The average Bonchev–Trinajstić information content (AvgIpc) is 2.92. The van der Waals surface area contributed by atoms with Crippen molar-refractivity contribution in [3.63, 3.8) is 0 Å². The molecule has 0 bridgehead atoms. The van der Waals surface area contributed by atoms with Gasteiger partial charge in [0, 0.05) is 5.56 Å². The number of furan rings is 1. The number of alkyl halides is 2. The lowest BCUT2D eigenvalue weighted by Gasteiger charge is -2.12. The Hall–Kier alpha value is -2.37. The van der Waals surface area contributed by atoms with Crippen molar-refractivity contribution in [1.82, 2.24) is 5.32 Å². The van der Waals surface area contributed by atoms with Crippen LogP contribution in [0.2, 0.25) is 0 Å². The Morgan fingerprint density at radius 2 is 2.10 bits per heavy atom. The molecule has 1 heterocycles. The fourth-order valence-corrected chi connectivity index (χ4v) is 1.70. The molecule has 2 rings (SSSR count). The van der Waals surface area contributed by atoms with E-state index >= 15 is 0 Å². The summed E-state index contributed by atoms with van der Waals surface area (Å²) in [5.41, 5.74) is 0.238. The number of nitrogens with one attached hydrogen (secondary N) is 1. The largest absolute Gasteiger partial charge is 0.467 e. The van der Waals surface area contributed by atoms with Crippen molar-refractivity contribution >= 4 is 5.91 Å². The van der Waals surface area contributed by atoms with Crippen molar-refractivity contribution in [2.45, 2.75) is 19.6 Å². The van der Waals surface area contributed by atoms with Gasteiger partial charge in [-0.3, -0.25) is 4.79 Å². The molecule has 0 spiro atoms. The molecule has 0 radical (unpaired) electrons. The molecule has 1 aromatic heterocycles. The smallest absolute Gasteiger partial charge is 0.387 e. The maximum absolute atomic E-state index is 12.1. The minimum Gasteiger partial charge on any atom is -0.467 e. The summed E-state index contributed by atoms with van der Waals surface area (Å²) in [6.45, 7) is -1.16. The van der Waals surface area contributed by atoms with Gasteiger partial charge in [0.1, 0.15) is 11.5 Å². The summed E-state index contributed by atoms with van der Waals surface area (Å²) in [5.74, 6) is 0.158. The van der Waals surface area contributed by atoms with Crippen LogP contribution in [-0.4, -0.2) is 12.5 Å². The van der Waals surface area contributed by atoms with Gasteiger partial charge < -0.3 is 14.5 Å². The molecule has 0 fully saturated rings. The van der Waals surface area contributed by atoms with E-state index in [1.165, 1.54) is 30.5 Å². The van der Waals surface area contributed by atoms with Gasteiger partial charge in [0.25, 0.3) is 5.91 Å². The maximum atomic E-state index is 12.1. The number of carbonyl (C=O) groups is 1. The Balaban J connectivity index is 2.05. The number of hydrogen-bond donors (Lipinski definition) is 1. The first-order valence-electron chi connectivity index (χ1n) is 5.95. The molecule has 4 nitrogen and oxygen atoms in total. The fourth-order valence-electron chi connectivity index (χ4n) is 1.70. The molecule has 0 aliphatic heterocycles.